The van der Waals surface area contributed by atoms with Gasteiger partial charge >= 0.3 is 11.9 Å². The zero-order chi connectivity index (χ0) is 20.5. The molecule has 0 aromatic heterocycles. The van der Waals surface area contributed by atoms with Crippen molar-refractivity contribution in [3.63, 3.8) is 0 Å². The fourth-order valence-corrected chi connectivity index (χ4v) is 3.30. The number of rotatable bonds is 5. The number of esters is 2. The lowest BCUT2D eigenvalue weighted by atomic mass is 9.91. The largest absolute Gasteiger partial charge is 0.487 e. The maximum Gasteiger partial charge on any atom is 0.311 e. The lowest BCUT2D eigenvalue weighted by molar-refractivity contribution is -0.137. The van der Waals surface area contributed by atoms with Crippen LogP contribution in [0.3, 0.4) is 0 Å². The predicted molar refractivity (Wildman–Crippen MR) is 104 cm³/mol. The summed E-state index contributed by atoms with van der Waals surface area (Å²) in [5.41, 5.74) is 0.353. The van der Waals surface area contributed by atoms with Crippen molar-refractivity contribution in [2.45, 2.75) is 59.0 Å². The molecule has 0 fully saturated rings. The summed E-state index contributed by atoms with van der Waals surface area (Å²) in [5.74, 6) is -0.0990. The van der Waals surface area contributed by atoms with Gasteiger partial charge in [0.1, 0.15) is 17.1 Å². The van der Waals surface area contributed by atoms with Crippen LogP contribution in [0, 0.1) is 0 Å². The minimum Gasteiger partial charge on any atom is -0.487 e. The van der Waals surface area contributed by atoms with Gasteiger partial charge in [0.15, 0.2) is 11.5 Å². The molecule has 0 N–H and O–H groups in total. The Morgan fingerprint density at radius 3 is 2.32 bits per heavy atom. The zero-order valence-electron chi connectivity index (χ0n) is 16.6. The summed E-state index contributed by atoms with van der Waals surface area (Å²) in [5, 5.41) is 1.40. The molecule has 6 heteroatoms. The quantitative estimate of drug-likeness (QED) is 0.569. The lowest BCUT2D eigenvalue weighted by Crippen LogP contribution is -2.33. The number of ether oxygens (including phenoxy) is 3. The fraction of sp³-hybridized carbons (Fsp3) is 0.409. The molecule has 1 aliphatic rings. The Kier molecular flexibility index (Phi) is 5.40. The molecule has 0 radical (unpaired) electrons. The van der Waals surface area contributed by atoms with Crippen LogP contribution < -0.4 is 14.2 Å². The van der Waals surface area contributed by atoms with Gasteiger partial charge < -0.3 is 19.0 Å². The van der Waals surface area contributed by atoms with Crippen LogP contribution in [-0.4, -0.2) is 23.3 Å². The van der Waals surface area contributed by atoms with E-state index in [1.54, 1.807) is 6.07 Å². The maximum atomic E-state index is 12.3. The summed E-state index contributed by atoms with van der Waals surface area (Å²) in [6, 6.07) is 7.37. The molecule has 0 saturated carbocycles. The van der Waals surface area contributed by atoms with Crippen molar-refractivity contribution >= 4 is 28.5 Å². The van der Waals surface area contributed by atoms with Gasteiger partial charge in [-0.25, -0.2) is 0 Å². The molecule has 0 unspecified atom stereocenters. The zero-order valence-corrected chi connectivity index (χ0v) is 16.6. The third-order valence-corrected chi connectivity index (χ3v) is 4.67. The van der Waals surface area contributed by atoms with Crippen molar-refractivity contribution in [3.05, 3.63) is 29.8 Å². The number of carbonyl (C=O) groups is 3. The normalized spacial score (nSPS) is 14.7. The summed E-state index contributed by atoms with van der Waals surface area (Å²) in [4.78, 5) is 35.3. The van der Waals surface area contributed by atoms with E-state index in [0.717, 1.165) is 11.8 Å². The molecule has 1 heterocycles. The molecule has 0 bridgehead atoms. The smallest absolute Gasteiger partial charge is 0.311 e. The molecule has 0 amide bonds. The molecule has 1 aliphatic heterocycles. The van der Waals surface area contributed by atoms with Crippen molar-refractivity contribution in [1.82, 2.24) is 0 Å². The second-order valence-corrected chi connectivity index (χ2v) is 7.64. The SMILES string of the molecule is CC(=O)CCC(=O)Oc1c(OC(C)=O)c2c(c3ccccc13)OC(C)(C)CC2. The van der Waals surface area contributed by atoms with Crippen LogP contribution >= 0.6 is 0 Å². The number of benzene rings is 2. The molecule has 2 aromatic carbocycles. The molecule has 0 aliphatic carbocycles. The summed E-state index contributed by atoms with van der Waals surface area (Å²) >= 11 is 0. The van der Waals surface area contributed by atoms with Gasteiger partial charge in [0.2, 0.25) is 0 Å². The third-order valence-electron chi connectivity index (χ3n) is 4.67. The highest BCUT2D eigenvalue weighted by Crippen LogP contribution is 2.50. The maximum absolute atomic E-state index is 12.3. The number of carbonyl (C=O) groups excluding carboxylic acids is 3. The highest BCUT2D eigenvalue weighted by molar-refractivity contribution is 5.99. The number of Topliss-reactive ketones (excluding diaryl/α,β-unsaturated/α-hetero) is 1. The van der Waals surface area contributed by atoms with Crippen LogP contribution in [-0.2, 0) is 20.8 Å². The van der Waals surface area contributed by atoms with Crippen LogP contribution in [0.2, 0.25) is 0 Å². The van der Waals surface area contributed by atoms with Crippen LogP contribution in [0.5, 0.6) is 17.2 Å². The van der Waals surface area contributed by atoms with Crippen molar-refractivity contribution in [2.75, 3.05) is 0 Å². The second kappa shape index (κ2) is 7.62. The second-order valence-electron chi connectivity index (χ2n) is 7.64. The molecule has 0 saturated heterocycles. The fourth-order valence-electron chi connectivity index (χ4n) is 3.30. The Labute approximate surface area is 163 Å². The molecule has 3 rings (SSSR count). The van der Waals surface area contributed by atoms with Gasteiger partial charge in [-0.2, -0.15) is 0 Å². The molecule has 6 nitrogen and oxygen atoms in total. The summed E-state index contributed by atoms with van der Waals surface area (Å²) in [6.07, 6.45) is 1.41. The highest BCUT2D eigenvalue weighted by atomic mass is 16.6. The van der Waals surface area contributed by atoms with Crippen LogP contribution in [0.4, 0.5) is 0 Å². The number of hydrogen-bond donors (Lipinski definition) is 0. The van der Waals surface area contributed by atoms with Gasteiger partial charge in [-0.05, 0) is 33.6 Å². The van der Waals surface area contributed by atoms with Crippen LogP contribution in [0.1, 0.15) is 52.5 Å². The molecule has 0 atom stereocenters. The van der Waals surface area contributed by atoms with Crippen LogP contribution in [0.15, 0.2) is 24.3 Å². The van der Waals surface area contributed by atoms with Crippen LogP contribution in [0.25, 0.3) is 10.8 Å². The monoisotopic (exact) mass is 384 g/mol. The molecule has 148 valence electrons. The Bertz CT molecular complexity index is 957. The van der Waals surface area contributed by atoms with Gasteiger partial charge in [-0.15, -0.1) is 0 Å². The van der Waals surface area contributed by atoms with E-state index in [0.29, 0.717) is 23.1 Å². The van der Waals surface area contributed by atoms with Crippen molar-refractivity contribution in [2.24, 2.45) is 0 Å². The van der Waals surface area contributed by atoms with E-state index in [1.165, 1.54) is 13.8 Å². The van der Waals surface area contributed by atoms with Gasteiger partial charge in [0.25, 0.3) is 0 Å². The summed E-state index contributed by atoms with van der Waals surface area (Å²) < 4.78 is 17.3. The Hall–Kier alpha value is -2.89. The Balaban J connectivity index is 2.17. The first-order chi connectivity index (χ1) is 13.2. The summed E-state index contributed by atoms with van der Waals surface area (Å²) in [7, 11) is 0. The third kappa shape index (κ3) is 4.16. The number of hydrogen-bond acceptors (Lipinski definition) is 6. The van der Waals surface area contributed by atoms with E-state index < -0.39 is 11.9 Å². The van der Waals surface area contributed by atoms with Gasteiger partial charge in [-0.3, -0.25) is 9.59 Å². The van der Waals surface area contributed by atoms with E-state index >= 15 is 0 Å². The molecule has 0 spiro atoms. The van der Waals surface area contributed by atoms with Gasteiger partial charge in [0.05, 0.1) is 6.42 Å². The average molecular weight is 384 g/mol. The lowest BCUT2D eigenvalue weighted by Gasteiger charge is -2.34. The Morgan fingerprint density at radius 1 is 1.00 bits per heavy atom. The Morgan fingerprint density at radius 2 is 1.68 bits per heavy atom. The minimum absolute atomic E-state index is 0.0379. The number of fused-ring (bicyclic) bond motifs is 3. The number of ketones is 1. The first-order valence-electron chi connectivity index (χ1n) is 9.33. The van der Waals surface area contributed by atoms with E-state index in [4.69, 9.17) is 14.2 Å². The van der Waals surface area contributed by atoms with E-state index in [1.807, 2.05) is 32.0 Å². The minimum atomic E-state index is -0.550. The van der Waals surface area contributed by atoms with Gasteiger partial charge in [0, 0.05) is 29.7 Å². The van der Waals surface area contributed by atoms with E-state index in [2.05, 4.69) is 0 Å². The first-order valence-corrected chi connectivity index (χ1v) is 9.33. The van der Waals surface area contributed by atoms with Gasteiger partial charge in [-0.1, -0.05) is 24.3 Å². The predicted octanol–water partition coefficient (Wildman–Crippen LogP) is 4.14. The van der Waals surface area contributed by atoms with E-state index in [9.17, 15) is 14.4 Å². The molecular formula is C22H24O6. The van der Waals surface area contributed by atoms with Crippen molar-refractivity contribution in [3.8, 4) is 17.2 Å². The molecule has 28 heavy (non-hydrogen) atoms. The van der Waals surface area contributed by atoms with Crippen molar-refractivity contribution in [1.29, 1.82) is 0 Å². The molecule has 2 aromatic rings. The topological polar surface area (TPSA) is 78.9 Å². The highest BCUT2D eigenvalue weighted by Gasteiger charge is 2.33. The van der Waals surface area contributed by atoms with Crippen molar-refractivity contribution < 1.29 is 28.6 Å². The van der Waals surface area contributed by atoms with E-state index in [-0.39, 0.29) is 35.7 Å². The standard InChI is InChI=1S/C22H24O6/c1-13(23)9-10-18(25)27-20-16-8-6-5-7-15(16)19-17(21(20)26-14(2)24)11-12-22(3,4)28-19/h5-8H,9-12H2,1-4H3. The first kappa shape index (κ1) is 19.9. The molecular weight excluding hydrogens is 360 g/mol. The average Bonchev–Trinajstić information content (AvgIpc) is 2.61. The summed E-state index contributed by atoms with van der Waals surface area (Å²) in [6.45, 7) is 6.74.